The van der Waals surface area contributed by atoms with E-state index >= 15 is 0 Å². The number of ether oxygens (including phenoxy) is 1. The molecule has 1 rings (SSSR count). The predicted molar refractivity (Wildman–Crippen MR) is 88.7 cm³/mol. The minimum atomic E-state index is -0.414. The van der Waals surface area contributed by atoms with Crippen LogP contribution >= 0.6 is 0 Å². The normalized spacial score (nSPS) is 11.6. The van der Waals surface area contributed by atoms with Gasteiger partial charge in [-0.1, -0.05) is 12.1 Å². The molecule has 0 heterocycles. The van der Waals surface area contributed by atoms with E-state index in [0.29, 0.717) is 12.6 Å². The first-order valence-corrected chi connectivity index (χ1v) is 7.71. The van der Waals surface area contributed by atoms with E-state index in [1.54, 1.807) is 0 Å². The minimum Gasteiger partial charge on any atom is -0.465 e. The third-order valence-electron chi connectivity index (χ3n) is 3.57. The van der Waals surface area contributed by atoms with Crippen LogP contribution in [0, 0.1) is 5.41 Å². The largest absolute Gasteiger partial charge is 0.465 e. The highest BCUT2D eigenvalue weighted by Gasteiger charge is 2.22. The molecule has 0 unspecified atom stereocenters. The van der Waals surface area contributed by atoms with Gasteiger partial charge in [-0.3, -0.25) is 4.79 Å². The third-order valence-corrected chi connectivity index (χ3v) is 3.57. The van der Waals surface area contributed by atoms with Crippen LogP contribution in [-0.2, 0) is 16.0 Å². The standard InChI is InChI=1S/C18H29NO2/c1-14(2)19(6)16-11-9-15(10-12-16)8-7-13-21-17(20)18(3,4)5/h9-12,14H,7-8,13H2,1-6H3. The first-order chi connectivity index (χ1) is 9.71. The van der Waals surface area contributed by atoms with Gasteiger partial charge in [0.05, 0.1) is 12.0 Å². The molecule has 21 heavy (non-hydrogen) atoms. The monoisotopic (exact) mass is 291 g/mol. The van der Waals surface area contributed by atoms with E-state index in [1.807, 2.05) is 20.8 Å². The lowest BCUT2D eigenvalue weighted by molar-refractivity contribution is -0.153. The Morgan fingerprint density at radius 2 is 1.76 bits per heavy atom. The molecule has 0 aliphatic rings. The first kappa shape index (κ1) is 17.5. The Kier molecular flexibility index (Phi) is 6.25. The summed E-state index contributed by atoms with van der Waals surface area (Å²) in [6.07, 6.45) is 1.80. The Morgan fingerprint density at radius 1 is 1.19 bits per heavy atom. The Hall–Kier alpha value is -1.51. The molecule has 0 N–H and O–H groups in total. The number of carbonyl (C=O) groups is 1. The van der Waals surface area contributed by atoms with Crippen LogP contribution in [0.1, 0.15) is 46.6 Å². The molecule has 0 spiro atoms. The van der Waals surface area contributed by atoms with Crippen molar-refractivity contribution in [1.82, 2.24) is 0 Å². The highest BCUT2D eigenvalue weighted by molar-refractivity contribution is 5.75. The topological polar surface area (TPSA) is 29.5 Å². The van der Waals surface area contributed by atoms with Gasteiger partial charge >= 0.3 is 5.97 Å². The molecule has 118 valence electrons. The number of nitrogens with zero attached hydrogens (tertiary/aromatic N) is 1. The van der Waals surface area contributed by atoms with Crippen molar-refractivity contribution >= 4 is 11.7 Å². The molecule has 0 radical (unpaired) electrons. The van der Waals surface area contributed by atoms with Crippen molar-refractivity contribution in [1.29, 1.82) is 0 Å². The van der Waals surface area contributed by atoms with Crippen LogP contribution < -0.4 is 4.90 Å². The molecule has 3 nitrogen and oxygen atoms in total. The number of hydrogen-bond acceptors (Lipinski definition) is 3. The Balaban J connectivity index is 2.39. The number of rotatable bonds is 6. The van der Waals surface area contributed by atoms with Crippen molar-refractivity contribution in [3.8, 4) is 0 Å². The van der Waals surface area contributed by atoms with Gasteiger partial charge in [-0.25, -0.2) is 0 Å². The highest BCUT2D eigenvalue weighted by atomic mass is 16.5. The maximum atomic E-state index is 11.6. The molecule has 0 atom stereocenters. The van der Waals surface area contributed by atoms with Gasteiger partial charge in [-0.15, -0.1) is 0 Å². The quantitative estimate of drug-likeness (QED) is 0.585. The molecule has 1 aromatic rings. The van der Waals surface area contributed by atoms with Gasteiger partial charge in [0, 0.05) is 18.8 Å². The molecular weight excluding hydrogens is 262 g/mol. The van der Waals surface area contributed by atoms with Crippen LogP contribution in [0.4, 0.5) is 5.69 Å². The molecule has 0 bridgehead atoms. The summed E-state index contributed by atoms with van der Waals surface area (Å²) in [4.78, 5) is 13.9. The molecular formula is C18H29NO2. The fourth-order valence-electron chi connectivity index (χ4n) is 1.85. The number of anilines is 1. The molecule has 0 amide bonds. The van der Waals surface area contributed by atoms with E-state index in [9.17, 15) is 4.79 Å². The fourth-order valence-corrected chi connectivity index (χ4v) is 1.85. The summed E-state index contributed by atoms with van der Waals surface area (Å²) in [7, 11) is 2.10. The zero-order chi connectivity index (χ0) is 16.0. The number of aryl methyl sites for hydroxylation is 1. The lowest BCUT2D eigenvalue weighted by atomic mass is 9.97. The van der Waals surface area contributed by atoms with Crippen LogP contribution in [0.25, 0.3) is 0 Å². The summed E-state index contributed by atoms with van der Waals surface area (Å²) in [5.74, 6) is -0.128. The average Bonchev–Trinajstić information content (AvgIpc) is 2.42. The second kappa shape index (κ2) is 7.48. The van der Waals surface area contributed by atoms with E-state index in [1.165, 1.54) is 11.3 Å². The second-order valence-corrected chi connectivity index (χ2v) is 6.86. The third kappa shape index (κ3) is 5.78. The summed E-state index contributed by atoms with van der Waals surface area (Å²) in [5.41, 5.74) is 2.10. The fraction of sp³-hybridized carbons (Fsp3) is 0.611. The van der Waals surface area contributed by atoms with Crippen molar-refractivity contribution < 1.29 is 9.53 Å². The zero-order valence-electron chi connectivity index (χ0n) is 14.3. The number of esters is 1. The van der Waals surface area contributed by atoms with Crippen molar-refractivity contribution in [2.45, 2.75) is 53.5 Å². The van der Waals surface area contributed by atoms with Crippen LogP contribution in [0.3, 0.4) is 0 Å². The molecule has 1 aromatic carbocycles. The summed E-state index contributed by atoms with van der Waals surface area (Å²) in [6.45, 7) is 10.5. The summed E-state index contributed by atoms with van der Waals surface area (Å²) in [6, 6.07) is 9.10. The maximum absolute atomic E-state index is 11.6. The van der Waals surface area contributed by atoms with E-state index in [0.717, 1.165) is 12.8 Å². The molecule has 3 heteroatoms. The first-order valence-electron chi connectivity index (χ1n) is 7.71. The number of benzene rings is 1. The van der Waals surface area contributed by atoms with Crippen molar-refractivity contribution in [2.75, 3.05) is 18.6 Å². The number of carbonyl (C=O) groups excluding carboxylic acids is 1. The van der Waals surface area contributed by atoms with Gasteiger partial charge in [0.15, 0.2) is 0 Å². The van der Waals surface area contributed by atoms with Gasteiger partial charge < -0.3 is 9.64 Å². The van der Waals surface area contributed by atoms with Gasteiger partial charge in [0.1, 0.15) is 0 Å². The second-order valence-electron chi connectivity index (χ2n) is 6.86. The lowest BCUT2D eigenvalue weighted by Gasteiger charge is -2.23. The van der Waals surface area contributed by atoms with Gasteiger partial charge in [-0.2, -0.15) is 0 Å². The SMILES string of the molecule is CC(C)N(C)c1ccc(CCCOC(=O)C(C)(C)C)cc1. The van der Waals surface area contributed by atoms with E-state index in [-0.39, 0.29) is 5.97 Å². The lowest BCUT2D eigenvalue weighted by Crippen LogP contribution is -2.25. The van der Waals surface area contributed by atoms with Crippen LogP contribution in [0.15, 0.2) is 24.3 Å². The molecule has 0 fully saturated rings. The summed E-state index contributed by atoms with van der Waals surface area (Å²) in [5, 5.41) is 0. The number of hydrogen-bond donors (Lipinski definition) is 0. The molecule has 0 saturated carbocycles. The Labute approximate surface area is 129 Å². The van der Waals surface area contributed by atoms with E-state index in [4.69, 9.17) is 4.74 Å². The summed E-state index contributed by atoms with van der Waals surface area (Å²) >= 11 is 0. The van der Waals surface area contributed by atoms with Crippen molar-refractivity contribution in [2.24, 2.45) is 5.41 Å². The Bertz CT molecular complexity index is 443. The minimum absolute atomic E-state index is 0.128. The molecule has 0 saturated heterocycles. The molecule has 0 aromatic heterocycles. The maximum Gasteiger partial charge on any atom is 0.311 e. The van der Waals surface area contributed by atoms with E-state index in [2.05, 4.69) is 50.1 Å². The highest BCUT2D eigenvalue weighted by Crippen LogP contribution is 2.18. The molecule has 0 aliphatic heterocycles. The summed E-state index contributed by atoms with van der Waals surface area (Å²) < 4.78 is 5.27. The smallest absolute Gasteiger partial charge is 0.311 e. The van der Waals surface area contributed by atoms with Crippen molar-refractivity contribution in [3.63, 3.8) is 0 Å². The molecule has 0 aliphatic carbocycles. The van der Waals surface area contributed by atoms with Crippen LogP contribution in [0.5, 0.6) is 0 Å². The van der Waals surface area contributed by atoms with Crippen LogP contribution in [-0.4, -0.2) is 25.7 Å². The van der Waals surface area contributed by atoms with Crippen LogP contribution in [0.2, 0.25) is 0 Å². The van der Waals surface area contributed by atoms with Crippen molar-refractivity contribution in [3.05, 3.63) is 29.8 Å². The van der Waals surface area contributed by atoms with Gasteiger partial charge in [-0.05, 0) is 65.2 Å². The average molecular weight is 291 g/mol. The zero-order valence-corrected chi connectivity index (χ0v) is 14.3. The predicted octanol–water partition coefficient (Wildman–Crippen LogP) is 4.05. The Morgan fingerprint density at radius 3 is 2.24 bits per heavy atom. The van der Waals surface area contributed by atoms with Gasteiger partial charge in [0.2, 0.25) is 0 Å². The van der Waals surface area contributed by atoms with E-state index < -0.39 is 5.41 Å². The van der Waals surface area contributed by atoms with Gasteiger partial charge in [0.25, 0.3) is 0 Å².